The Balaban J connectivity index is 1.34. The molecule has 5 rings (SSSR count). The molecule has 0 amide bonds. The van der Waals surface area contributed by atoms with Crippen molar-refractivity contribution in [2.75, 3.05) is 0 Å². The molecule has 1 saturated carbocycles. The Hall–Kier alpha value is -2.82. The van der Waals surface area contributed by atoms with Crippen LogP contribution in [0.25, 0.3) is 16.6 Å². The third kappa shape index (κ3) is 3.39. The molecule has 148 valence electrons. The Morgan fingerprint density at radius 1 is 1.07 bits per heavy atom. The SMILES string of the molecule is Cc1ccc2nc(C(C)C3CCC(c4ccnc5ccc(F)cc45)CC3)cn2n1. The predicted octanol–water partition coefficient (Wildman–Crippen LogP) is 5.80. The first-order valence-electron chi connectivity index (χ1n) is 10.5. The molecular formula is C24H25FN4. The Bertz CT molecular complexity index is 1170. The van der Waals surface area contributed by atoms with Crippen LogP contribution in [0.15, 0.2) is 48.8 Å². The van der Waals surface area contributed by atoms with Crippen LogP contribution in [0.4, 0.5) is 4.39 Å². The number of benzene rings is 1. The standard InChI is InChI=1S/C24H25FN4/c1-15-3-10-24-27-23(14-29(24)28-15)16(2)17-4-6-18(7-5-17)20-11-12-26-22-9-8-19(25)13-21(20)22/h3,8-14,16-18H,4-7H2,1-2H3. The third-order valence-corrected chi connectivity index (χ3v) is 6.59. The van der Waals surface area contributed by atoms with Gasteiger partial charge in [-0.05, 0) is 86.4 Å². The van der Waals surface area contributed by atoms with Gasteiger partial charge in [0.1, 0.15) is 5.82 Å². The average molecular weight is 388 g/mol. The fourth-order valence-electron chi connectivity index (χ4n) is 4.88. The molecule has 1 aromatic carbocycles. The predicted molar refractivity (Wildman–Crippen MR) is 113 cm³/mol. The molecule has 3 aromatic heterocycles. The minimum absolute atomic E-state index is 0.190. The van der Waals surface area contributed by atoms with Crippen molar-refractivity contribution in [1.82, 2.24) is 19.6 Å². The topological polar surface area (TPSA) is 43.1 Å². The van der Waals surface area contributed by atoms with Crippen molar-refractivity contribution in [3.63, 3.8) is 0 Å². The maximum Gasteiger partial charge on any atom is 0.153 e. The molecule has 0 bridgehead atoms. The Labute approximate surface area is 169 Å². The molecule has 4 nitrogen and oxygen atoms in total. The van der Waals surface area contributed by atoms with E-state index in [2.05, 4.69) is 29.3 Å². The zero-order valence-electron chi connectivity index (χ0n) is 16.8. The number of rotatable bonds is 3. The summed E-state index contributed by atoms with van der Waals surface area (Å²) >= 11 is 0. The van der Waals surface area contributed by atoms with Crippen LogP contribution in [0.2, 0.25) is 0 Å². The van der Waals surface area contributed by atoms with Gasteiger partial charge in [0.2, 0.25) is 0 Å². The summed E-state index contributed by atoms with van der Waals surface area (Å²) in [7, 11) is 0. The van der Waals surface area contributed by atoms with E-state index in [9.17, 15) is 4.39 Å². The zero-order valence-corrected chi connectivity index (χ0v) is 16.8. The summed E-state index contributed by atoms with van der Waals surface area (Å²) in [5.74, 6) is 1.30. The van der Waals surface area contributed by atoms with E-state index in [0.717, 1.165) is 53.6 Å². The van der Waals surface area contributed by atoms with E-state index in [1.165, 1.54) is 11.6 Å². The lowest BCUT2D eigenvalue weighted by molar-refractivity contribution is 0.289. The van der Waals surface area contributed by atoms with E-state index < -0.39 is 0 Å². The molecule has 5 heteroatoms. The van der Waals surface area contributed by atoms with Crippen LogP contribution in [0.3, 0.4) is 0 Å². The number of aryl methyl sites for hydroxylation is 1. The second-order valence-corrected chi connectivity index (χ2v) is 8.41. The minimum Gasteiger partial charge on any atom is -0.256 e. The number of imidazole rings is 1. The molecule has 0 N–H and O–H groups in total. The average Bonchev–Trinajstić information content (AvgIpc) is 3.16. The third-order valence-electron chi connectivity index (χ3n) is 6.59. The first-order valence-corrected chi connectivity index (χ1v) is 10.5. The maximum atomic E-state index is 13.8. The van der Waals surface area contributed by atoms with Crippen molar-refractivity contribution in [3.8, 4) is 0 Å². The number of pyridine rings is 1. The first kappa shape index (κ1) is 18.2. The fraction of sp³-hybridized carbons (Fsp3) is 0.375. The van der Waals surface area contributed by atoms with Gasteiger partial charge < -0.3 is 0 Å². The van der Waals surface area contributed by atoms with Crippen molar-refractivity contribution < 1.29 is 4.39 Å². The van der Waals surface area contributed by atoms with E-state index in [4.69, 9.17) is 4.98 Å². The second-order valence-electron chi connectivity index (χ2n) is 8.41. The molecule has 1 atom stereocenters. The van der Waals surface area contributed by atoms with E-state index in [1.807, 2.05) is 29.8 Å². The fourth-order valence-corrected chi connectivity index (χ4v) is 4.88. The van der Waals surface area contributed by atoms with Gasteiger partial charge in [0.05, 0.1) is 23.1 Å². The van der Waals surface area contributed by atoms with Crippen LogP contribution in [-0.2, 0) is 0 Å². The van der Waals surface area contributed by atoms with Gasteiger partial charge in [-0.2, -0.15) is 5.10 Å². The molecule has 0 saturated heterocycles. The van der Waals surface area contributed by atoms with Gasteiger partial charge >= 0.3 is 0 Å². The van der Waals surface area contributed by atoms with Crippen molar-refractivity contribution in [2.45, 2.75) is 51.4 Å². The summed E-state index contributed by atoms with van der Waals surface area (Å²) in [5.41, 5.74) is 5.16. The maximum absolute atomic E-state index is 13.8. The smallest absolute Gasteiger partial charge is 0.153 e. The molecule has 29 heavy (non-hydrogen) atoms. The number of fused-ring (bicyclic) bond motifs is 2. The van der Waals surface area contributed by atoms with E-state index in [-0.39, 0.29) is 5.82 Å². The van der Waals surface area contributed by atoms with Crippen molar-refractivity contribution in [2.24, 2.45) is 5.92 Å². The van der Waals surface area contributed by atoms with Crippen LogP contribution in [0, 0.1) is 18.7 Å². The molecule has 4 aromatic rings. The highest BCUT2D eigenvalue weighted by Gasteiger charge is 2.29. The number of nitrogens with zero attached hydrogens (tertiary/aromatic N) is 4. The van der Waals surface area contributed by atoms with Crippen LogP contribution in [0.5, 0.6) is 0 Å². The van der Waals surface area contributed by atoms with Gasteiger partial charge in [-0.1, -0.05) is 6.92 Å². The van der Waals surface area contributed by atoms with Crippen LogP contribution in [0.1, 0.15) is 61.4 Å². The van der Waals surface area contributed by atoms with Crippen molar-refractivity contribution in [3.05, 3.63) is 71.6 Å². The second kappa shape index (κ2) is 7.21. The van der Waals surface area contributed by atoms with E-state index in [0.29, 0.717) is 17.8 Å². The largest absolute Gasteiger partial charge is 0.256 e. The van der Waals surface area contributed by atoms with Gasteiger partial charge in [0, 0.05) is 17.5 Å². The monoisotopic (exact) mass is 388 g/mol. The normalized spacial score (nSPS) is 20.9. The van der Waals surface area contributed by atoms with Crippen LogP contribution < -0.4 is 0 Å². The van der Waals surface area contributed by atoms with Gasteiger partial charge in [-0.15, -0.1) is 0 Å². The molecule has 1 fully saturated rings. The Kier molecular flexibility index (Phi) is 4.53. The number of hydrogen-bond acceptors (Lipinski definition) is 3. The molecule has 1 aliphatic carbocycles. The van der Waals surface area contributed by atoms with Crippen molar-refractivity contribution >= 4 is 16.6 Å². The molecule has 0 spiro atoms. The molecule has 0 radical (unpaired) electrons. The summed E-state index contributed by atoms with van der Waals surface area (Å²) in [5, 5.41) is 5.49. The highest BCUT2D eigenvalue weighted by Crippen LogP contribution is 2.43. The van der Waals surface area contributed by atoms with Crippen LogP contribution >= 0.6 is 0 Å². The summed E-state index contributed by atoms with van der Waals surface area (Å²) in [6.45, 7) is 4.29. The van der Waals surface area contributed by atoms with Crippen LogP contribution in [-0.4, -0.2) is 19.6 Å². The number of hydrogen-bond donors (Lipinski definition) is 0. The lowest BCUT2D eigenvalue weighted by Gasteiger charge is -2.32. The minimum atomic E-state index is -0.190. The van der Waals surface area contributed by atoms with Gasteiger partial charge in [0.15, 0.2) is 5.65 Å². The highest BCUT2D eigenvalue weighted by molar-refractivity contribution is 5.82. The molecule has 1 aliphatic rings. The summed E-state index contributed by atoms with van der Waals surface area (Å²) in [4.78, 5) is 9.21. The number of halogens is 1. The summed E-state index contributed by atoms with van der Waals surface area (Å²) < 4.78 is 15.7. The Morgan fingerprint density at radius 3 is 2.72 bits per heavy atom. The van der Waals surface area contributed by atoms with Gasteiger partial charge in [0.25, 0.3) is 0 Å². The quantitative estimate of drug-likeness (QED) is 0.445. The van der Waals surface area contributed by atoms with E-state index in [1.54, 1.807) is 12.1 Å². The van der Waals surface area contributed by atoms with Gasteiger partial charge in [-0.3, -0.25) is 4.98 Å². The first-order chi connectivity index (χ1) is 14.1. The highest BCUT2D eigenvalue weighted by atomic mass is 19.1. The van der Waals surface area contributed by atoms with E-state index >= 15 is 0 Å². The van der Waals surface area contributed by atoms with Gasteiger partial charge in [-0.25, -0.2) is 13.9 Å². The summed E-state index contributed by atoms with van der Waals surface area (Å²) in [6.07, 6.45) is 8.50. The van der Waals surface area contributed by atoms with Crippen molar-refractivity contribution in [1.29, 1.82) is 0 Å². The lowest BCUT2D eigenvalue weighted by Crippen LogP contribution is -2.18. The zero-order chi connectivity index (χ0) is 20.0. The Morgan fingerprint density at radius 2 is 1.90 bits per heavy atom. The number of aromatic nitrogens is 4. The lowest BCUT2D eigenvalue weighted by atomic mass is 9.73. The summed E-state index contributed by atoms with van der Waals surface area (Å²) in [6, 6.07) is 11.0. The molecule has 1 unspecified atom stereocenters. The molecule has 3 heterocycles. The molecular weight excluding hydrogens is 363 g/mol. The molecule has 0 aliphatic heterocycles.